The number of carbonyl (C=O) groups is 3. The molecule has 49 heavy (non-hydrogen) atoms. The molecule has 1 aliphatic rings. The summed E-state index contributed by atoms with van der Waals surface area (Å²) in [5.74, 6) is 1.88. The number of halogens is 1. The zero-order valence-corrected chi connectivity index (χ0v) is 27.7. The van der Waals surface area contributed by atoms with Gasteiger partial charge in [-0.1, -0.05) is 36.0 Å². The van der Waals surface area contributed by atoms with Gasteiger partial charge in [-0.05, 0) is 66.1 Å². The Morgan fingerprint density at radius 3 is 2.18 bits per heavy atom. The van der Waals surface area contributed by atoms with Gasteiger partial charge >= 0.3 is 6.03 Å². The van der Waals surface area contributed by atoms with Crippen molar-refractivity contribution in [2.75, 3.05) is 17.2 Å². The summed E-state index contributed by atoms with van der Waals surface area (Å²) in [6, 6.07) is 25.7. The molecular weight excluding hydrogens is 672 g/mol. The maximum Gasteiger partial charge on any atom is 0.323 e. The van der Waals surface area contributed by atoms with E-state index in [1.54, 1.807) is 12.1 Å². The summed E-state index contributed by atoms with van der Waals surface area (Å²) >= 11 is 1.01. The highest BCUT2D eigenvalue weighted by atomic mass is 35.5. The Morgan fingerprint density at radius 1 is 0.918 bits per heavy atom. The Kier molecular flexibility index (Phi) is 11.0. The van der Waals surface area contributed by atoms with Gasteiger partial charge in [0.15, 0.2) is 0 Å². The SMILES string of the molecule is Cl.Cn1c(COc2ccc(CC3SC(=O)NC3=O)cc2)nc2ccc(OCCc3ccc(NC(=O)Nc4ccc([N+](=O)[O-])cc4)cc3)cc21. The first-order valence-electron chi connectivity index (χ1n) is 14.9. The van der Waals surface area contributed by atoms with Gasteiger partial charge < -0.3 is 24.7 Å². The maximum atomic E-state index is 12.3. The highest BCUT2D eigenvalue weighted by Gasteiger charge is 2.31. The molecule has 1 atom stereocenters. The number of nitrogens with zero attached hydrogens (tertiary/aromatic N) is 3. The van der Waals surface area contributed by atoms with Gasteiger partial charge in [-0.25, -0.2) is 9.78 Å². The lowest BCUT2D eigenvalue weighted by Crippen LogP contribution is -2.25. The molecule has 4 aromatic carbocycles. The van der Waals surface area contributed by atoms with E-state index in [9.17, 15) is 24.5 Å². The predicted molar refractivity (Wildman–Crippen MR) is 189 cm³/mol. The van der Waals surface area contributed by atoms with E-state index in [0.717, 1.165) is 39.7 Å². The zero-order valence-electron chi connectivity index (χ0n) is 26.1. The molecule has 2 heterocycles. The maximum absolute atomic E-state index is 12.3. The van der Waals surface area contributed by atoms with Gasteiger partial charge in [0.25, 0.3) is 10.9 Å². The van der Waals surface area contributed by atoms with Crippen LogP contribution in [-0.4, -0.2) is 43.5 Å². The molecule has 252 valence electrons. The first-order chi connectivity index (χ1) is 23.2. The van der Waals surface area contributed by atoms with E-state index in [1.807, 2.05) is 66.2 Å². The van der Waals surface area contributed by atoms with Crippen molar-refractivity contribution in [3.63, 3.8) is 0 Å². The van der Waals surface area contributed by atoms with Crippen LogP contribution >= 0.6 is 24.2 Å². The molecule has 0 radical (unpaired) electrons. The van der Waals surface area contributed by atoms with Crippen LogP contribution in [-0.2, 0) is 31.3 Å². The van der Waals surface area contributed by atoms with Gasteiger partial charge in [0.1, 0.15) is 23.9 Å². The predicted octanol–water partition coefficient (Wildman–Crippen LogP) is 6.64. The molecule has 15 heteroatoms. The number of aromatic nitrogens is 2. The number of nitro benzene ring substituents is 1. The number of hydrogen-bond donors (Lipinski definition) is 3. The number of thioether (sulfide) groups is 1. The molecule has 1 fully saturated rings. The second-order valence-electron chi connectivity index (χ2n) is 10.9. The van der Waals surface area contributed by atoms with Crippen LogP contribution in [0, 0.1) is 10.1 Å². The van der Waals surface area contributed by atoms with E-state index < -0.39 is 16.2 Å². The number of anilines is 2. The van der Waals surface area contributed by atoms with Crippen LogP contribution in [0.2, 0.25) is 0 Å². The lowest BCUT2D eigenvalue weighted by Gasteiger charge is -2.10. The number of imidazole rings is 1. The highest BCUT2D eigenvalue weighted by molar-refractivity contribution is 8.15. The second kappa shape index (κ2) is 15.5. The number of fused-ring (bicyclic) bond motifs is 1. The van der Waals surface area contributed by atoms with Gasteiger partial charge in [0.05, 0.1) is 27.8 Å². The number of hydrogen-bond acceptors (Lipinski definition) is 9. The lowest BCUT2D eigenvalue weighted by molar-refractivity contribution is -0.384. The Morgan fingerprint density at radius 2 is 1.55 bits per heavy atom. The third-order valence-corrected chi connectivity index (χ3v) is 8.61. The molecule has 0 aliphatic carbocycles. The highest BCUT2D eigenvalue weighted by Crippen LogP contribution is 2.25. The van der Waals surface area contributed by atoms with Gasteiger partial charge in [-0.3, -0.25) is 25.0 Å². The van der Waals surface area contributed by atoms with E-state index in [-0.39, 0.29) is 35.8 Å². The summed E-state index contributed by atoms with van der Waals surface area (Å²) in [5, 5.41) is 17.8. The van der Waals surface area contributed by atoms with Crippen LogP contribution in [0.25, 0.3) is 11.0 Å². The zero-order chi connectivity index (χ0) is 33.6. The summed E-state index contributed by atoms with van der Waals surface area (Å²) in [7, 11) is 1.92. The summed E-state index contributed by atoms with van der Waals surface area (Å²) in [6.07, 6.45) is 1.12. The first-order valence-corrected chi connectivity index (χ1v) is 15.8. The monoisotopic (exact) mass is 702 g/mol. The number of nitrogens with one attached hydrogen (secondary N) is 3. The van der Waals surface area contributed by atoms with Gasteiger partial charge in [0, 0.05) is 43.0 Å². The number of benzene rings is 4. The molecule has 13 nitrogen and oxygen atoms in total. The summed E-state index contributed by atoms with van der Waals surface area (Å²) in [6.45, 7) is 0.711. The molecule has 5 aromatic rings. The van der Waals surface area contributed by atoms with E-state index in [2.05, 4.69) is 16.0 Å². The molecule has 1 aromatic heterocycles. The Labute approximate surface area is 290 Å². The van der Waals surface area contributed by atoms with Crippen molar-refractivity contribution >= 4 is 69.4 Å². The van der Waals surface area contributed by atoms with Gasteiger partial charge in [-0.2, -0.15) is 0 Å². The Hall–Kier alpha value is -5.60. The fourth-order valence-electron chi connectivity index (χ4n) is 5.05. The fourth-order valence-corrected chi connectivity index (χ4v) is 5.91. The van der Waals surface area contributed by atoms with Gasteiger partial charge in [-0.15, -0.1) is 12.4 Å². The van der Waals surface area contributed by atoms with Crippen LogP contribution in [0.4, 0.5) is 26.7 Å². The normalized spacial score (nSPS) is 13.8. The summed E-state index contributed by atoms with van der Waals surface area (Å²) in [5.41, 5.74) is 4.69. The molecule has 1 unspecified atom stereocenters. The number of imide groups is 1. The van der Waals surface area contributed by atoms with Crippen molar-refractivity contribution in [1.82, 2.24) is 14.9 Å². The number of urea groups is 1. The van der Waals surface area contributed by atoms with Crippen molar-refractivity contribution in [1.29, 1.82) is 0 Å². The van der Waals surface area contributed by atoms with Crippen LogP contribution in [0.15, 0.2) is 91.0 Å². The van der Waals surface area contributed by atoms with Crippen LogP contribution in [0.5, 0.6) is 11.5 Å². The number of ether oxygens (including phenoxy) is 2. The molecule has 1 aliphatic heterocycles. The van der Waals surface area contributed by atoms with Crippen molar-refractivity contribution < 1.29 is 28.8 Å². The summed E-state index contributed by atoms with van der Waals surface area (Å²) < 4.78 is 14.0. The van der Waals surface area contributed by atoms with E-state index in [4.69, 9.17) is 14.5 Å². The molecule has 4 amide bonds. The van der Waals surface area contributed by atoms with Gasteiger partial charge in [0.2, 0.25) is 5.91 Å². The van der Waals surface area contributed by atoms with Crippen LogP contribution < -0.4 is 25.4 Å². The number of nitro groups is 1. The van der Waals surface area contributed by atoms with E-state index in [1.165, 1.54) is 24.3 Å². The molecule has 1 saturated heterocycles. The number of non-ortho nitro benzene ring substituents is 1. The molecule has 6 rings (SSSR count). The first kappa shape index (κ1) is 34.7. The Bertz CT molecular complexity index is 1990. The standard InChI is InChI=1S/C34H30N6O7S.ClH/c1-39-29-19-27(46-17-16-21-2-6-23(7-3-21)35-33(42)36-24-8-10-25(11-9-24)40(44)45)14-15-28(29)37-31(39)20-47-26-12-4-22(5-13-26)18-30-32(41)38-34(43)48-30;/h2-15,19,30H,16-18,20H2,1H3,(H2,35,36,42)(H,38,41,43);1H. The van der Waals surface area contributed by atoms with Crippen molar-refractivity contribution in [3.05, 3.63) is 118 Å². The minimum absolute atomic E-state index is 0. The third-order valence-electron chi connectivity index (χ3n) is 7.63. The molecule has 0 spiro atoms. The van der Waals surface area contributed by atoms with Crippen molar-refractivity contribution in [2.45, 2.75) is 24.7 Å². The minimum atomic E-state index is -0.499. The molecule has 0 saturated carbocycles. The minimum Gasteiger partial charge on any atom is -0.493 e. The molecule has 3 N–H and O–H groups in total. The lowest BCUT2D eigenvalue weighted by atomic mass is 10.1. The Balaban J connectivity index is 0.00000468. The average Bonchev–Trinajstić information content (AvgIpc) is 3.57. The van der Waals surface area contributed by atoms with Crippen molar-refractivity contribution in [2.24, 2.45) is 7.05 Å². The van der Waals surface area contributed by atoms with Crippen molar-refractivity contribution in [3.8, 4) is 11.5 Å². The summed E-state index contributed by atoms with van der Waals surface area (Å²) in [4.78, 5) is 50.5. The number of aryl methyl sites for hydroxylation is 1. The van der Waals surface area contributed by atoms with E-state index in [0.29, 0.717) is 42.3 Å². The topological polar surface area (TPSA) is 167 Å². The molecular formula is C34H31ClN6O7S. The van der Waals surface area contributed by atoms with Crippen LogP contribution in [0.1, 0.15) is 17.0 Å². The number of amides is 4. The van der Waals surface area contributed by atoms with Crippen LogP contribution in [0.3, 0.4) is 0 Å². The van der Waals surface area contributed by atoms with E-state index >= 15 is 0 Å². The smallest absolute Gasteiger partial charge is 0.323 e. The average molecular weight is 703 g/mol. The number of carbonyl (C=O) groups excluding carboxylic acids is 3. The third kappa shape index (κ3) is 8.86. The molecule has 0 bridgehead atoms. The number of rotatable bonds is 12. The second-order valence-corrected chi connectivity index (χ2v) is 12.1. The fraction of sp³-hybridized carbons (Fsp3) is 0.176. The largest absolute Gasteiger partial charge is 0.493 e. The quantitative estimate of drug-likeness (QED) is 0.0954.